The summed E-state index contributed by atoms with van der Waals surface area (Å²) in [6.45, 7) is 3.77. The summed E-state index contributed by atoms with van der Waals surface area (Å²) < 4.78 is 0.924. The van der Waals surface area contributed by atoms with Crippen molar-refractivity contribution in [2.45, 2.75) is 20.4 Å². The van der Waals surface area contributed by atoms with Gasteiger partial charge in [-0.3, -0.25) is 0 Å². The fraction of sp³-hybridized carbons (Fsp3) is 0.222. The molecule has 0 aliphatic heterocycles. The van der Waals surface area contributed by atoms with E-state index in [0.717, 1.165) is 15.9 Å². The van der Waals surface area contributed by atoms with E-state index in [-0.39, 0.29) is 6.54 Å². The normalized spacial score (nSPS) is 12.4. The SMILES string of the molecule is CC(C)(C#N)C(c1ccccc1)=[N+]([O-])Cc1ccccc1. The Morgan fingerprint density at radius 2 is 1.57 bits per heavy atom. The first-order valence-corrected chi connectivity index (χ1v) is 6.87. The second kappa shape index (κ2) is 6.23. The molecule has 2 rings (SSSR count). The Morgan fingerprint density at radius 1 is 1.05 bits per heavy atom. The zero-order chi connectivity index (χ0) is 15.3. The zero-order valence-electron chi connectivity index (χ0n) is 12.3. The van der Waals surface area contributed by atoms with Crippen LogP contribution in [0.25, 0.3) is 0 Å². The first-order chi connectivity index (χ1) is 10.0. The second-order valence-corrected chi connectivity index (χ2v) is 5.47. The van der Waals surface area contributed by atoms with Gasteiger partial charge in [-0.1, -0.05) is 48.5 Å². The number of nitrogens with zero attached hydrogens (tertiary/aromatic N) is 2. The molecule has 0 aliphatic rings. The molecule has 0 bridgehead atoms. The molecule has 0 saturated carbocycles. The summed E-state index contributed by atoms with van der Waals surface area (Å²) in [6, 6.07) is 21.1. The van der Waals surface area contributed by atoms with Crippen molar-refractivity contribution in [1.82, 2.24) is 0 Å². The maximum Gasteiger partial charge on any atom is 0.214 e. The van der Waals surface area contributed by atoms with Crippen molar-refractivity contribution >= 4 is 5.71 Å². The molecule has 106 valence electrons. The summed E-state index contributed by atoms with van der Waals surface area (Å²) >= 11 is 0. The Labute approximate surface area is 125 Å². The minimum absolute atomic E-state index is 0.232. The summed E-state index contributed by atoms with van der Waals surface area (Å²) in [6.07, 6.45) is 0. The van der Waals surface area contributed by atoms with Gasteiger partial charge in [-0.25, -0.2) is 4.74 Å². The van der Waals surface area contributed by atoms with Gasteiger partial charge in [0.25, 0.3) is 0 Å². The summed E-state index contributed by atoms with van der Waals surface area (Å²) in [5, 5.41) is 22.1. The molecular formula is C18H18N2O. The Bertz CT molecular complexity index is 667. The van der Waals surface area contributed by atoms with Crippen LogP contribution in [0.4, 0.5) is 0 Å². The Kier molecular flexibility index (Phi) is 4.39. The molecule has 0 fully saturated rings. The summed E-state index contributed by atoms with van der Waals surface area (Å²) in [5.41, 5.74) is 1.36. The third-order valence-corrected chi connectivity index (χ3v) is 3.34. The molecule has 0 atom stereocenters. The van der Waals surface area contributed by atoms with E-state index in [1.54, 1.807) is 13.8 Å². The van der Waals surface area contributed by atoms with E-state index in [1.807, 2.05) is 60.7 Å². The molecule has 2 aromatic carbocycles. The van der Waals surface area contributed by atoms with E-state index in [2.05, 4.69) is 6.07 Å². The molecule has 0 aromatic heterocycles. The summed E-state index contributed by atoms with van der Waals surface area (Å²) in [4.78, 5) is 0. The molecule has 0 N–H and O–H groups in total. The lowest BCUT2D eigenvalue weighted by atomic mass is 9.84. The van der Waals surface area contributed by atoms with Crippen LogP contribution in [0.3, 0.4) is 0 Å². The molecule has 3 heteroatoms. The second-order valence-electron chi connectivity index (χ2n) is 5.47. The lowest BCUT2D eigenvalue weighted by Crippen LogP contribution is -2.31. The van der Waals surface area contributed by atoms with E-state index in [9.17, 15) is 10.5 Å². The van der Waals surface area contributed by atoms with Crippen molar-refractivity contribution in [1.29, 1.82) is 5.26 Å². The van der Waals surface area contributed by atoms with Crippen LogP contribution in [-0.2, 0) is 6.54 Å². The highest BCUT2D eigenvalue weighted by Crippen LogP contribution is 2.22. The van der Waals surface area contributed by atoms with Crippen LogP contribution >= 0.6 is 0 Å². The number of hydroxylamine groups is 1. The Hall–Kier alpha value is -2.60. The number of rotatable bonds is 4. The number of nitriles is 1. The average molecular weight is 278 g/mol. The first kappa shape index (κ1) is 14.8. The average Bonchev–Trinajstić information content (AvgIpc) is 2.49. The van der Waals surface area contributed by atoms with E-state index in [0.29, 0.717) is 5.71 Å². The molecule has 0 spiro atoms. The third kappa shape index (κ3) is 3.49. The smallest absolute Gasteiger partial charge is 0.214 e. The summed E-state index contributed by atoms with van der Waals surface area (Å²) in [7, 11) is 0. The molecule has 2 aromatic rings. The standard InChI is InChI=1S/C18H18N2O/c1-18(2,14-19)17(16-11-7-4-8-12-16)20(21)13-15-9-5-3-6-10-15/h3-12H,13H2,1-2H3. The quantitative estimate of drug-likeness (QED) is 0.370. The predicted molar refractivity (Wildman–Crippen MR) is 83.7 cm³/mol. The molecule has 21 heavy (non-hydrogen) atoms. The highest BCUT2D eigenvalue weighted by atomic mass is 16.5. The largest absolute Gasteiger partial charge is 0.623 e. The minimum atomic E-state index is -0.849. The zero-order valence-corrected chi connectivity index (χ0v) is 12.3. The van der Waals surface area contributed by atoms with Crippen LogP contribution in [-0.4, -0.2) is 10.5 Å². The Morgan fingerprint density at radius 3 is 2.10 bits per heavy atom. The van der Waals surface area contributed by atoms with Crippen molar-refractivity contribution in [3.8, 4) is 6.07 Å². The van der Waals surface area contributed by atoms with Crippen molar-refractivity contribution in [3.63, 3.8) is 0 Å². The van der Waals surface area contributed by atoms with Crippen molar-refractivity contribution in [3.05, 3.63) is 77.0 Å². The van der Waals surface area contributed by atoms with Crippen LogP contribution in [0.2, 0.25) is 0 Å². The van der Waals surface area contributed by atoms with Crippen LogP contribution in [0.5, 0.6) is 0 Å². The highest BCUT2D eigenvalue weighted by molar-refractivity contribution is 6.02. The molecule has 0 amide bonds. The maximum absolute atomic E-state index is 12.6. The fourth-order valence-corrected chi connectivity index (χ4v) is 2.29. The number of hydrogen-bond donors (Lipinski definition) is 0. The van der Waals surface area contributed by atoms with Gasteiger partial charge in [-0.15, -0.1) is 0 Å². The number of benzene rings is 2. The first-order valence-electron chi connectivity index (χ1n) is 6.87. The molecule has 0 aliphatic carbocycles. The topological polar surface area (TPSA) is 49.9 Å². The van der Waals surface area contributed by atoms with Crippen LogP contribution < -0.4 is 0 Å². The van der Waals surface area contributed by atoms with Gasteiger partial charge in [-0.2, -0.15) is 5.26 Å². The van der Waals surface area contributed by atoms with Crippen LogP contribution in [0, 0.1) is 22.0 Å². The fourth-order valence-electron chi connectivity index (χ4n) is 2.29. The highest BCUT2D eigenvalue weighted by Gasteiger charge is 2.33. The maximum atomic E-state index is 12.6. The van der Waals surface area contributed by atoms with E-state index < -0.39 is 5.41 Å². The monoisotopic (exact) mass is 278 g/mol. The van der Waals surface area contributed by atoms with E-state index in [1.165, 1.54) is 0 Å². The van der Waals surface area contributed by atoms with Crippen LogP contribution in [0.15, 0.2) is 60.7 Å². The molecule has 0 unspecified atom stereocenters. The van der Waals surface area contributed by atoms with Crippen molar-refractivity contribution in [2.75, 3.05) is 0 Å². The van der Waals surface area contributed by atoms with Gasteiger partial charge in [-0.05, 0) is 26.0 Å². The molecule has 0 saturated heterocycles. The van der Waals surface area contributed by atoms with Gasteiger partial charge in [0.2, 0.25) is 5.71 Å². The lowest BCUT2D eigenvalue weighted by Gasteiger charge is -2.20. The van der Waals surface area contributed by atoms with Crippen molar-refractivity contribution in [2.24, 2.45) is 5.41 Å². The molecule has 0 radical (unpaired) electrons. The van der Waals surface area contributed by atoms with Gasteiger partial charge in [0.05, 0.1) is 6.07 Å². The van der Waals surface area contributed by atoms with Gasteiger partial charge in [0.15, 0.2) is 6.54 Å². The molecular weight excluding hydrogens is 260 g/mol. The Balaban J connectivity index is 2.49. The van der Waals surface area contributed by atoms with Crippen LogP contribution in [0.1, 0.15) is 25.0 Å². The third-order valence-electron chi connectivity index (χ3n) is 3.34. The van der Waals surface area contributed by atoms with Gasteiger partial charge in [0.1, 0.15) is 5.41 Å². The number of hydrogen-bond acceptors (Lipinski definition) is 2. The van der Waals surface area contributed by atoms with Crippen molar-refractivity contribution < 1.29 is 4.74 Å². The predicted octanol–water partition coefficient (Wildman–Crippen LogP) is 3.74. The van der Waals surface area contributed by atoms with Gasteiger partial charge < -0.3 is 5.21 Å². The molecule has 0 heterocycles. The van der Waals surface area contributed by atoms with Gasteiger partial charge >= 0.3 is 0 Å². The minimum Gasteiger partial charge on any atom is -0.623 e. The molecule has 3 nitrogen and oxygen atoms in total. The van der Waals surface area contributed by atoms with E-state index >= 15 is 0 Å². The van der Waals surface area contributed by atoms with Gasteiger partial charge in [0, 0.05) is 11.1 Å². The lowest BCUT2D eigenvalue weighted by molar-refractivity contribution is -0.477. The van der Waals surface area contributed by atoms with E-state index in [4.69, 9.17) is 0 Å². The summed E-state index contributed by atoms with van der Waals surface area (Å²) in [5.74, 6) is 0.